The number of benzene rings is 1. The maximum atomic E-state index is 13.6. The normalized spacial score (nSPS) is 20.4. The number of likely N-dealkylation sites (tertiary alicyclic amines) is 1. The van der Waals surface area contributed by atoms with Crippen molar-refractivity contribution in [1.29, 1.82) is 0 Å². The van der Waals surface area contributed by atoms with E-state index >= 15 is 0 Å². The lowest BCUT2D eigenvalue weighted by molar-refractivity contribution is -0.141. The Labute approximate surface area is 145 Å². The number of nitrogens with zero attached hydrogens (tertiary/aromatic N) is 2. The molecular formula is C19H20FN3O2. The van der Waals surface area contributed by atoms with Crippen LogP contribution in [0.5, 0.6) is 0 Å². The van der Waals surface area contributed by atoms with E-state index in [4.69, 9.17) is 0 Å². The van der Waals surface area contributed by atoms with Crippen LogP contribution in [-0.4, -0.2) is 28.7 Å². The quantitative estimate of drug-likeness (QED) is 0.929. The molecule has 0 spiro atoms. The first kappa shape index (κ1) is 17.1. The van der Waals surface area contributed by atoms with Crippen LogP contribution in [0.2, 0.25) is 0 Å². The van der Waals surface area contributed by atoms with E-state index in [1.165, 1.54) is 12.1 Å². The molecule has 25 heavy (non-hydrogen) atoms. The van der Waals surface area contributed by atoms with Gasteiger partial charge in [0.05, 0.1) is 24.2 Å². The van der Waals surface area contributed by atoms with Gasteiger partial charge in [-0.25, -0.2) is 4.39 Å². The van der Waals surface area contributed by atoms with E-state index in [0.29, 0.717) is 24.9 Å². The fourth-order valence-electron chi connectivity index (χ4n) is 3.27. The van der Waals surface area contributed by atoms with Crippen molar-refractivity contribution in [3.8, 4) is 0 Å². The third kappa shape index (κ3) is 3.84. The number of halogens is 1. The molecule has 0 unspecified atom stereocenters. The minimum Gasteiger partial charge on any atom is -0.350 e. The highest BCUT2D eigenvalue weighted by Crippen LogP contribution is 2.36. The SMILES string of the molecule is CN1C(=O)CC[C@@H](C(=O)NCc2ccccn2)[C@H]1c1cccc(F)c1. The molecule has 1 N–H and O–H groups in total. The number of nitrogens with one attached hydrogen (secondary N) is 1. The Morgan fingerprint density at radius 1 is 1.32 bits per heavy atom. The highest BCUT2D eigenvalue weighted by molar-refractivity contribution is 5.84. The van der Waals surface area contributed by atoms with Gasteiger partial charge in [-0.3, -0.25) is 14.6 Å². The van der Waals surface area contributed by atoms with Gasteiger partial charge in [0.15, 0.2) is 0 Å². The Hall–Kier alpha value is -2.76. The molecule has 1 saturated heterocycles. The van der Waals surface area contributed by atoms with Crippen LogP contribution in [-0.2, 0) is 16.1 Å². The summed E-state index contributed by atoms with van der Waals surface area (Å²) in [6.07, 6.45) is 2.42. The molecule has 130 valence electrons. The van der Waals surface area contributed by atoms with Crippen molar-refractivity contribution in [2.45, 2.75) is 25.4 Å². The molecule has 0 radical (unpaired) electrons. The van der Waals surface area contributed by atoms with Gasteiger partial charge in [-0.15, -0.1) is 0 Å². The number of amides is 2. The molecule has 1 aromatic carbocycles. The van der Waals surface area contributed by atoms with Crippen LogP contribution >= 0.6 is 0 Å². The molecule has 0 bridgehead atoms. The Balaban J connectivity index is 1.79. The van der Waals surface area contributed by atoms with Crippen molar-refractivity contribution in [1.82, 2.24) is 15.2 Å². The van der Waals surface area contributed by atoms with E-state index < -0.39 is 12.0 Å². The molecule has 1 fully saturated rings. The van der Waals surface area contributed by atoms with Crippen molar-refractivity contribution >= 4 is 11.8 Å². The van der Waals surface area contributed by atoms with Gasteiger partial charge in [-0.1, -0.05) is 18.2 Å². The molecule has 2 aromatic rings. The van der Waals surface area contributed by atoms with Crippen molar-refractivity contribution < 1.29 is 14.0 Å². The fraction of sp³-hybridized carbons (Fsp3) is 0.316. The van der Waals surface area contributed by atoms with Crippen molar-refractivity contribution in [3.05, 3.63) is 65.7 Å². The molecule has 6 heteroatoms. The maximum absolute atomic E-state index is 13.6. The van der Waals surface area contributed by atoms with E-state index in [1.807, 2.05) is 18.2 Å². The number of hydrogen-bond donors (Lipinski definition) is 1. The number of piperidine rings is 1. The van der Waals surface area contributed by atoms with E-state index in [0.717, 1.165) is 5.69 Å². The van der Waals surface area contributed by atoms with Gasteiger partial charge in [0.25, 0.3) is 0 Å². The monoisotopic (exact) mass is 341 g/mol. The summed E-state index contributed by atoms with van der Waals surface area (Å²) in [6, 6.07) is 11.1. The van der Waals surface area contributed by atoms with E-state index in [1.54, 1.807) is 30.3 Å². The molecule has 2 amide bonds. The Kier molecular flexibility index (Phi) is 5.07. The molecule has 1 aliphatic rings. The van der Waals surface area contributed by atoms with Gasteiger partial charge >= 0.3 is 0 Å². The average molecular weight is 341 g/mol. The standard InChI is InChI=1S/C19H20FN3O2/c1-23-17(24)9-8-16(18(23)13-5-4-6-14(20)11-13)19(25)22-12-15-7-2-3-10-21-15/h2-7,10-11,16,18H,8-9,12H2,1H3,(H,22,25)/t16-,18-/m1/s1. The predicted molar refractivity (Wildman–Crippen MR) is 90.7 cm³/mol. The van der Waals surface area contributed by atoms with Crippen LogP contribution in [0.15, 0.2) is 48.7 Å². The molecule has 1 aromatic heterocycles. The second-order valence-electron chi connectivity index (χ2n) is 6.19. The van der Waals surface area contributed by atoms with Crippen LogP contribution in [0, 0.1) is 11.7 Å². The summed E-state index contributed by atoms with van der Waals surface area (Å²) in [4.78, 5) is 30.6. The zero-order valence-electron chi connectivity index (χ0n) is 14.0. The Morgan fingerprint density at radius 2 is 2.16 bits per heavy atom. The smallest absolute Gasteiger partial charge is 0.225 e. The lowest BCUT2D eigenvalue weighted by Crippen LogP contribution is -2.46. The maximum Gasteiger partial charge on any atom is 0.225 e. The summed E-state index contributed by atoms with van der Waals surface area (Å²) in [7, 11) is 1.66. The lowest BCUT2D eigenvalue weighted by atomic mass is 9.84. The first-order valence-corrected chi connectivity index (χ1v) is 8.25. The largest absolute Gasteiger partial charge is 0.350 e. The third-order valence-electron chi connectivity index (χ3n) is 4.56. The van der Waals surface area contributed by atoms with Gasteiger partial charge in [0, 0.05) is 19.7 Å². The summed E-state index contributed by atoms with van der Waals surface area (Å²) in [6.45, 7) is 0.323. The zero-order chi connectivity index (χ0) is 17.8. The first-order chi connectivity index (χ1) is 12.1. The van der Waals surface area contributed by atoms with Gasteiger partial charge < -0.3 is 10.2 Å². The molecule has 1 aliphatic heterocycles. The topological polar surface area (TPSA) is 62.3 Å². The summed E-state index contributed by atoms with van der Waals surface area (Å²) in [5.41, 5.74) is 1.40. The van der Waals surface area contributed by atoms with Gasteiger partial charge in [0.2, 0.25) is 11.8 Å². The summed E-state index contributed by atoms with van der Waals surface area (Å²) < 4.78 is 13.6. The van der Waals surface area contributed by atoms with Crippen LogP contribution in [0.1, 0.15) is 30.1 Å². The minimum absolute atomic E-state index is 0.0389. The van der Waals surface area contributed by atoms with Crippen LogP contribution in [0.4, 0.5) is 4.39 Å². The molecule has 0 saturated carbocycles. The zero-order valence-corrected chi connectivity index (χ0v) is 14.0. The fourth-order valence-corrected chi connectivity index (χ4v) is 3.27. The number of carbonyl (C=O) groups is 2. The van der Waals surface area contributed by atoms with E-state index in [9.17, 15) is 14.0 Å². The number of carbonyl (C=O) groups excluding carboxylic acids is 2. The Morgan fingerprint density at radius 3 is 2.88 bits per heavy atom. The van der Waals surface area contributed by atoms with Gasteiger partial charge in [-0.05, 0) is 36.2 Å². The highest BCUT2D eigenvalue weighted by Gasteiger charge is 2.38. The lowest BCUT2D eigenvalue weighted by Gasteiger charge is -2.38. The highest BCUT2D eigenvalue weighted by atomic mass is 19.1. The molecule has 2 heterocycles. The third-order valence-corrected chi connectivity index (χ3v) is 4.56. The molecule has 5 nitrogen and oxygen atoms in total. The van der Waals surface area contributed by atoms with Crippen molar-refractivity contribution in [2.24, 2.45) is 5.92 Å². The van der Waals surface area contributed by atoms with Crippen LogP contribution in [0.3, 0.4) is 0 Å². The van der Waals surface area contributed by atoms with Gasteiger partial charge in [0.1, 0.15) is 5.82 Å². The summed E-state index contributed by atoms with van der Waals surface area (Å²) >= 11 is 0. The van der Waals surface area contributed by atoms with Gasteiger partial charge in [-0.2, -0.15) is 0 Å². The van der Waals surface area contributed by atoms with Crippen molar-refractivity contribution in [3.63, 3.8) is 0 Å². The number of pyridine rings is 1. The summed E-state index contributed by atoms with van der Waals surface area (Å²) in [5, 5.41) is 2.89. The Bertz CT molecular complexity index is 766. The number of aromatic nitrogens is 1. The van der Waals surface area contributed by atoms with E-state index in [-0.39, 0.29) is 17.6 Å². The molecule has 3 rings (SSSR count). The van der Waals surface area contributed by atoms with E-state index in [2.05, 4.69) is 10.3 Å². The molecule has 0 aliphatic carbocycles. The molecular weight excluding hydrogens is 321 g/mol. The number of rotatable bonds is 4. The predicted octanol–water partition coefficient (Wildman–Crippen LogP) is 2.45. The second kappa shape index (κ2) is 7.42. The van der Waals surface area contributed by atoms with Crippen LogP contribution in [0.25, 0.3) is 0 Å². The van der Waals surface area contributed by atoms with Crippen LogP contribution < -0.4 is 5.32 Å². The number of hydrogen-bond acceptors (Lipinski definition) is 3. The summed E-state index contributed by atoms with van der Waals surface area (Å²) in [5.74, 6) is -0.993. The van der Waals surface area contributed by atoms with Crippen molar-refractivity contribution in [2.75, 3.05) is 7.05 Å². The molecule has 2 atom stereocenters. The second-order valence-corrected chi connectivity index (χ2v) is 6.19. The average Bonchev–Trinajstić information content (AvgIpc) is 2.62. The first-order valence-electron chi connectivity index (χ1n) is 8.25. The minimum atomic E-state index is -0.472.